The van der Waals surface area contributed by atoms with Gasteiger partial charge in [-0.1, -0.05) is 13.8 Å². The van der Waals surface area contributed by atoms with Crippen LogP contribution in [0.3, 0.4) is 0 Å². The second-order valence-corrected chi connectivity index (χ2v) is 3.74. The van der Waals surface area contributed by atoms with Crippen LogP contribution in [0.1, 0.15) is 34.1 Å². The number of hydrogen-bond acceptors (Lipinski definition) is 2. The maximum Gasteiger partial charge on any atom is 0.0769 e. The van der Waals surface area contributed by atoms with Crippen molar-refractivity contribution >= 4 is 0 Å². The highest BCUT2D eigenvalue weighted by molar-refractivity contribution is 4.82. The van der Waals surface area contributed by atoms with Crippen LogP contribution in [0.15, 0.2) is 0 Å². The molecule has 0 aromatic heterocycles. The van der Waals surface area contributed by atoms with Gasteiger partial charge in [-0.25, -0.2) is 0 Å². The molecule has 62 valence electrons. The molecule has 2 nitrogen and oxygen atoms in total. The molecule has 0 radical (unpaired) electrons. The van der Waals surface area contributed by atoms with Crippen LogP contribution < -0.4 is 5.73 Å². The van der Waals surface area contributed by atoms with E-state index in [-0.39, 0.29) is 6.04 Å². The summed E-state index contributed by atoms with van der Waals surface area (Å²) in [5, 5.41) is 9.64. The molecule has 0 saturated carbocycles. The van der Waals surface area contributed by atoms with E-state index in [2.05, 4.69) is 13.8 Å². The average molecular weight is 145 g/mol. The maximum absolute atomic E-state index is 9.64. The maximum atomic E-state index is 9.64. The van der Waals surface area contributed by atoms with E-state index in [4.69, 9.17) is 5.73 Å². The van der Waals surface area contributed by atoms with E-state index in [1.807, 2.05) is 6.92 Å². The van der Waals surface area contributed by atoms with Crippen molar-refractivity contribution in [3.8, 4) is 0 Å². The third-order valence-electron chi connectivity index (χ3n) is 1.80. The normalized spacial score (nSPS) is 20.7. The summed E-state index contributed by atoms with van der Waals surface area (Å²) in [5.41, 5.74) is 4.87. The van der Waals surface area contributed by atoms with Crippen LogP contribution in [-0.2, 0) is 0 Å². The fraction of sp³-hybridized carbons (Fsp3) is 1.00. The van der Waals surface area contributed by atoms with Gasteiger partial charge < -0.3 is 10.8 Å². The van der Waals surface area contributed by atoms with Gasteiger partial charge in [-0.05, 0) is 26.2 Å². The van der Waals surface area contributed by atoms with Gasteiger partial charge in [0.1, 0.15) is 0 Å². The van der Waals surface area contributed by atoms with E-state index < -0.39 is 5.60 Å². The van der Waals surface area contributed by atoms with Crippen molar-refractivity contribution in [2.45, 2.75) is 45.8 Å². The molecular formula is C8H19NO. The van der Waals surface area contributed by atoms with Crippen molar-refractivity contribution in [1.82, 2.24) is 0 Å². The van der Waals surface area contributed by atoms with E-state index in [1.54, 1.807) is 6.92 Å². The van der Waals surface area contributed by atoms with Crippen LogP contribution in [0.4, 0.5) is 0 Å². The first kappa shape index (κ1) is 9.92. The lowest BCUT2D eigenvalue weighted by Gasteiger charge is -2.29. The van der Waals surface area contributed by atoms with Gasteiger partial charge in [0, 0.05) is 6.04 Å². The molecular weight excluding hydrogens is 126 g/mol. The van der Waals surface area contributed by atoms with Crippen LogP contribution in [0.2, 0.25) is 0 Å². The first-order chi connectivity index (χ1) is 4.36. The Hall–Kier alpha value is -0.0800. The Labute approximate surface area is 63.4 Å². The smallest absolute Gasteiger partial charge is 0.0769 e. The molecule has 0 heterocycles. The van der Waals surface area contributed by atoms with E-state index in [0.717, 1.165) is 6.42 Å². The molecule has 0 spiro atoms. The summed E-state index contributed by atoms with van der Waals surface area (Å²) in [6.45, 7) is 7.79. The first-order valence-electron chi connectivity index (χ1n) is 3.84. The second-order valence-electron chi connectivity index (χ2n) is 3.74. The Balaban J connectivity index is 3.87. The fourth-order valence-corrected chi connectivity index (χ4v) is 1.01. The molecule has 0 aliphatic rings. The molecule has 10 heavy (non-hydrogen) atoms. The van der Waals surface area contributed by atoms with Crippen LogP contribution >= 0.6 is 0 Å². The molecule has 0 rings (SSSR count). The lowest BCUT2D eigenvalue weighted by molar-refractivity contribution is 0.0183. The Morgan fingerprint density at radius 3 is 1.90 bits per heavy atom. The average Bonchev–Trinajstić information content (AvgIpc) is 1.60. The van der Waals surface area contributed by atoms with Gasteiger partial charge in [0.05, 0.1) is 5.60 Å². The minimum Gasteiger partial charge on any atom is -0.389 e. The standard InChI is InChI=1S/C8H19NO/c1-6(2)5-8(4,10)7(3)9/h6-7,10H,5,9H2,1-4H3. The van der Waals surface area contributed by atoms with Crippen molar-refractivity contribution in [1.29, 1.82) is 0 Å². The van der Waals surface area contributed by atoms with Gasteiger partial charge in [0.2, 0.25) is 0 Å². The first-order valence-corrected chi connectivity index (χ1v) is 3.84. The Morgan fingerprint density at radius 2 is 1.80 bits per heavy atom. The summed E-state index contributed by atoms with van der Waals surface area (Å²) >= 11 is 0. The van der Waals surface area contributed by atoms with E-state index in [0.29, 0.717) is 5.92 Å². The molecule has 0 aliphatic carbocycles. The van der Waals surface area contributed by atoms with Gasteiger partial charge in [-0.15, -0.1) is 0 Å². The summed E-state index contributed by atoms with van der Waals surface area (Å²) in [5.74, 6) is 0.501. The number of hydrogen-bond donors (Lipinski definition) is 2. The molecule has 3 N–H and O–H groups in total. The van der Waals surface area contributed by atoms with Crippen molar-refractivity contribution < 1.29 is 5.11 Å². The largest absolute Gasteiger partial charge is 0.389 e. The summed E-state index contributed by atoms with van der Waals surface area (Å²) < 4.78 is 0. The highest BCUT2D eigenvalue weighted by Crippen LogP contribution is 2.18. The number of rotatable bonds is 3. The van der Waals surface area contributed by atoms with Crippen molar-refractivity contribution in [2.24, 2.45) is 11.7 Å². The minimum atomic E-state index is -0.700. The highest BCUT2D eigenvalue weighted by Gasteiger charge is 2.25. The van der Waals surface area contributed by atoms with Crippen molar-refractivity contribution in [3.63, 3.8) is 0 Å². The lowest BCUT2D eigenvalue weighted by Crippen LogP contribution is -2.44. The number of aliphatic hydroxyl groups is 1. The van der Waals surface area contributed by atoms with Crippen molar-refractivity contribution in [2.75, 3.05) is 0 Å². The lowest BCUT2D eigenvalue weighted by atomic mass is 9.89. The summed E-state index contributed by atoms with van der Waals surface area (Å²) in [6.07, 6.45) is 0.769. The monoisotopic (exact) mass is 145 g/mol. The molecule has 0 saturated heterocycles. The Bertz CT molecular complexity index is 97.4. The van der Waals surface area contributed by atoms with Gasteiger partial charge >= 0.3 is 0 Å². The Morgan fingerprint density at radius 1 is 1.40 bits per heavy atom. The third-order valence-corrected chi connectivity index (χ3v) is 1.80. The van der Waals surface area contributed by atoms with Gasteiger partial charge in [0.25, 0.3) is 0 Å². The molecule has 0 amide bonds. The van der Waals surface area contributed by atoms with Gasteiger partial charge in [-0.2, -0.15) is 0 Å². The SMILES string of the molecule is CC(C)CC(C)(O)C(C)N. The van der Waals surface area contributed by atoms with Crippen LogP contribution in [0, 0.1) is 5.92 Å². The summed E-state index contributed by atoms with van der Waals surface area (Å²) in [4.78, 5) is 0. The van der Waals surface area contributed by atoms with E-state index >= 15 is 0 Å². The molecule has 0 bridgehead atoms. The van der Waals surface area contributed by atoms with Gasteiger partial charge in [0.15, 0.2) is 0 Å². The summed E-state index contributed by atoms with van der Waals surface area (Å²) in [7, 11) is 0. The van der Waals surface area contributed by atoms with E-state index in [9.17, 15) is 5.11 Å². The zero-order valence-corrected chi connectivity index (χ0v) is 7.39. The molecule has 2 atom stereocenters. The second kappa shape index (κ2) is 3.35. The van der Waals surface area contributed by atoms with Crippen LogP contribution in [0.5, 0.6) is 0 Å². The van der Waals surface area contributed by atoms with Gasteiger partial charge in [-0.3, -0.25) is 0 Å². The Kier molecular flexibility index (Phi) is 3.33. The molecule has 0 fully saturated rings. The third kappa shape index (κ3) is 3.18. The highest BCUT2D eigenvalue weighted by atomic mass is 16.3. The molecule has 2 heteroatoms. The summed E-state index contributed by atoms with van der Waals surface area (Å²) in [6, 6.07) is -0.144. The molecule has 2 unspecified atom stereocenters. The molecule has 0 aromatic rings. The van der Waals surface area contributed by atoms with Crippen LogP contribution in [-0.4, -0.2) is 16.7 Å². The quantitative estimate of drug-likeness (QED) is 0.625. The fourth-order valence-electron chi connectivity index (χ4n) is 1.01. The molecule has 0 aromatic carbocycles. The topological polar surface area (TPSA) is 46.2 Å². The van der Waals surface area contributed by atoms with Crippen LogP contribution in [0.25, 0.3) is 0 Å². The van der Waals surface area contributed by atoms with Crippen molar-refractivity contribution in [3.05, 3.63) is 0 Å². The predicted molar refractivity (Wildman–Crippen MR) is 43.7 cm³/mol. The predicted octanol–water partition coefficient (Wildman–Crippen LogP) is 1.13. The number of nitrogens with two attached hydrogens (primary N) is 1. The van der Waals surface area contributed by atoms with E-state index in [1.165, 1.54) is 0 Å². The molecule has 0 aliphatic heterocycles. The zero-order valence-electron chi connectivity index (χ0n) is 7.39. The zero-order chi connectivity index (χ0) is 8.36. The minimum absolute atomic E-state index is 0.144.